The molecule has 1 aliphatic carbocycles. The summed E-state index contributed by atoms with van der Waals surface area (Å²) < 4.78 is 8.81. The minimum Gasteiger partial charge on any atom is -0.493 e. The summed E-state index contributed by atoms with van der Waals surface area (Å²) in [5.74, 6) is 2.39. The second-order valence-electron chi connectivity index (χ2n) is 11.7. The Morgan fingerprint density at radius 3 is 2.31 bits per heavy atom. The van der Waals surface area contributed by atoms with Crippen molar-refractivity contribution in [1.29, 1.82) is 0 Å². The lowest BCUT2D eigenvalue weighted by Crippen LogP contribution is -2.26. The molecule has 1 saturated heterocycles. The molecule has 1 aromatic heterocycles. The molecular weight excluding hydrogens is 452 g/mol. The van der Waals surface area contributed by atoms with Crippen LogP contribution in [0.2, 0.25) is 0 Å². The van der Waals surface area contributed by atoms with Crippen LogP contribution in [-0.4, -0.2) is 24.3 Å². The van der Waals surface area contributed by atoms with Crippen LogP contribution in [0.1, 0.15) is 88.3 Å². The monoisotopic (exact) mass is 494 g/mol. The number of nitrogens with zero attached hydrogens (tertiary/aromatic N) is 1. The van der Waals surface area contributed by atoms with Crippen molar-refractivity contribution in [3.8, 4) is 5.75 Å². The van der Waals surface area contributed by atoms with Crippen molar-refractivity contribution in [3.63, 3.8) is 0 Å². The fourth-order valence-corrected chi connectivity index (χ4v) is 5.85. The maximum Gasteiger partial charge on any atom is 0.121 e. The Morgan fingerprint density at radius 2 is 1.63 bits per heavy atom. The summed E-state index contributed by atoms with van der Waals surface area (Å²) in [5.41, 5.74) is 5.76. The molecule has 0 spiro atoms. The molecule has 1 aliphatic heterocycles. The van der Waals surface area contributed by atoms with E-state index in [0.717, 1.165) is 37.9 Å². The molecule has 2 aromatic carbocycles. The summed E-state index contributed by atoms with van der Waals surface area (Å²) in [6.45, 7) is 10.8. The fraction of sp³-hybridized carbons (Fsp3) is 0.548. The van der Waals surface area contributed by atoms with Crippen LogP contribution in [0, 0.1) is 5.92 Å². The standard InChI is InChI=1S/C31H42N2O.ClH/c1-31(2,3)26-11-9-23(10-12-26)20-33-21-29(25-15-17-32-18-16-25)28-14-13-27(19-30(28)33)34-22-24-7-5-4-6-8-24;/h9-14,19,21,24-25,32H,4-8,15-18,20,22H2,1-3H3;1H. The van der Waals surface area contributed by atoms with Gasteiger partial charge in [0.15, 0.2) is 0 Å². The van der Waals surface area contributed by atoms with Gasteiger partial charge in [-0.3, -0.25) is 0 Å². The number of aromatic nitrogens is 1. The summed E-state index contributed by atoms with van der Waals surface area (Å²) >= 11 is 0. The highest BCUT2D eigenvalue weighted by atomic mass is 35.5. The van der Waals surface area contributed by atoms with Crippen LogP contribution in [-0.2, 0) is 12.0 Å². The molecule has 5 rings (SSSR count). The van der Waals surface area contributed by atoms with Crippen LogP contribution in [0.4, 0.5) is 0 Å². The van der Waals surface area contributed by atoms with Crippen LogP contribution in [0.3, 0.4) is 0 Å². The smallest absolute Gasteiger partial charge is 0.121 e. The molecule has 0 bridgehead atoms. The molecule has 3 aromatic rings. The van der Waals surface area contributed by atoms with Gasteiger partial charge >= 0.3 is 0 Å². The molecule has 4 heteroatoms. The molecule has 3 nitrogen and oxygen atoms in total. The van der Waals surface area contributed by atoms with Gasteiger partial charge in [0.05, 0.1) is 12.1 Å². The lowest BCUT2D eigenvalue weighted by atomic mass is 9.87. The quantitative estimate of drug-likeness (QED) is 0.377. The zero-order valence-corrected chi connectivity index (χ0v) is 22.6. The van der Waals surface area contributed by atoms with E-state index in [-0.39, 0.29) is 17.8 Å². The highest BCUT2D eigenvalue weighted by molar-refractivity contribution is 5.86. The largest absolute Gasteiger partial charge is 0.493 e. The first-order valence-corrected chi connectivity index (χ1v) is 13.5. The summed E-state index contributed by atoms with van der Waals surface area (Å²) in [6.07, 6.45) is 11.6. The van der Waals surface area contributed by atoms with Crippen LogP contribution in [0.5, 0.6) is 5.75 Å². The summed E-state index contributed by atoms with van der Waals surface area (Å²) in [7, 11) is 0. The Morgan fingerprint density at radius 1 is 0.914 bits per heavy atom. The highest BCUT2D eigenvalue weighted by Crippen LogP contribution is 2.35. The lowest BCUT2D eigenvalue weighted by Gasteiger charge is -2.22. The summed E-state index contributed by atoms with van der Waals surface area (Å²) in [5, 5.41) is 4.93. The van der Waals surface area contributed by atoms with E-state index in [0.29, 0.717) is 5.92 Å². The van der Waals surface area contributed by atoms with Crippen LogP contribution < -0.4 is 10.1 Å². The van der Waals surface area contributed by atoms with Gasteiger partial charge in [0.2, 0.25) is 0 Å². The van der Waals surface area contributed by atoms with Crippen LogP contribution in [0.15, 0.2) is 48.7 Å². The zero-order chi connectivity index (χ0) is 23.5. The second-order valence-corrected chi connectivity index (χ2v) is 11.7. The first-order chi connectivity index (χ1) is 16.5. The van der Waals surface area contributed by atoms with Gasteiger partial charge < -0.3 is 14.6 Å². The maximum atomic E-state index is 6.34. The lowest BCUT2D eigenvalue weighted by molar-refractivity contribution is 0.209. The topological polar surface area (TPSA) is 26.2 Å². The van der Waals surface area contributed by atoms with Gasteiger partial charge in [-0.05, 0) is 84.8 Å². The minimum atomic E-state index is 0. The molecule has 2 heterocycles. The molecule has 0 amide bonds. The van der Waals surface area contributed by atoms with E-state index in [1.807, 2.05) is 0 Å². The predicted molar refractivity (Wildman–Crippen MR) is 150 cm³/mol. The third-order valence-electron chi connectivity index (χ3n) is 8.05. The number of rotatable bonds is 6. The molecule has 0 unspecified atom stereocenters. The number of nitrogens with one attached hydrogen (secondary N) is 1. The second kappa shape index (κ2) is 11.4. The molecule has 0 atom stereocenters. The van der Waals surface area contributed by atoms with Crippen molar-refractivity contribution in [2.24, 2.45) is 5.92 Å². The van der Waals surface area contributed by atoms with Crippen molar-refractivity contribution < 1.29 is 4.74 Å². The molecule has 190 valence electrons. The average molecular weight is 495 g/mol. The Labute approximate surface area is 218 Å². The van der Waals surface area contributed by atoms with Gasteiger partial charge in [0, 0.05) is 24.2 Å². The van der Waals surface area contributed by atoms with Gasteiger partial charge in [-0.2, -0.15) is 0 Å². The number of benzene rings is 2. The summed E-state index contributed by atoms with van der Waals surface area (Å²) in [4.78, 5) is 0. The van der Waals surface area contributed by atoms with Crippen LogP contribution >= 0.6 is 12.4 Å². The molecular formula is C31H43ClN2O. The maximum absolute atomic E-state index is 6.34. The number of halogens is 1. The molecule has 35 heavy (non-hydrogen) atoms. The minimum absolute atomic E-state index is 0. The van der Waals surface area contributed by atoms with E-state index < -0.39 is 0 Å². The third kappa shape index (κ3) is 6.24. The number of ether oxygens (including phenoxy) is 1. The normalized spacial score (nSPS) is 17.9. The van der Waals surface area contributed by atoms with Gasteiger partial charge in [-0.1, -0.05) is 64.3 Å². The van der Waals surface area contributed by atoms with Crippen molar-refractivity contribution in [2.45, 2.75) is 83.6 Å². The Bertz CT molecular complexity index is 1080. The van der Waals surface area contributed by atoms with Gasteiger partial charge in [-0.15, -0.1) is 12.4 Å². The van der Waals surface area contributed by atoms with E-state index >= 15 is 0 Å². The van der Waals surface area contributed by atoms with Crippen molar-refractivity contribution >= 4 is 23.3 Å². The van der Waals surface area contributed by atoms with Crippen molar-refractivity contribution in [1.82, 2.24) is 9.88 Å². The predicted octanol–water partition coefficient (Wildman–Crippen LogP) is 7.84. The molecule has 0 radical (unpaired) electrons. The molecule has 2 aliphatic rings. The first-order valence-electron chi connectivity index (χ1n) is 13.5. The molecule has 2 fully saturated rings. The fourth-order valence-electron chi connectivity index (χ4n) is 5.85. The number of piperidine rings is 1. The SMILES string of the molecule is CC(C)(C)c1ccc(Cn2cc(C3CCNCC3)c3ccc(OCC4CCCCC4)cc32)cc1.Cl. The summed E-state index contributed by atoms with van der Waals surface area (Å²) in [6, 6.07) is 16.0. The number of hydrogen-bond donors (Lipinski definition) is 1. The zero-order valence-electron chi connectivity index (χ0n) is 21.8. The Balaban J connectivity index is 0.00000289. The van der Waals surface area contributed by atoms with E-state index in [1.165, 1.54) is 72.5 Å². The van der Waals surface area contributed by atoms with E-state index in [4.69, 9.17) is 4.74 Å². The van der Waals surface area contributed by atoms with E-state index in [9.17, 15) is 0 Å². The van der Waals surface area contributed by atoms with Crippen molar-refractivity contribution in [3.05, 3.63) is 65.4 Å². The van der Waals surface area contributed by atoms with E-state index in [2.05, 4.69) is 79.3 Å². The molecule has 1 N–H and O–H groups in total. The molecule has 1 saturated carbocycles. The van der Waals surface area contributed by atoms with Gasteiger partial charge in [0.1, 0.15) is 5.75 Å². The van der Waals surface area contributed by atoms with Gasteiger partial charge in [0.25, 0.3) is 0 Å². The first kappa shape index (κ1) is 26.1. The highest BCUT2D eigenvalue weighted by Gasteiger charge is 2.21. The average Bonchev–Trinajstić information content (AvgIpc) is 3.21. The van der Waals surface area contributed by atoms with Crippen LogP contribution in [0.25, 0.3) is 10.9 Å². The Hall–Kier alpha value is -1.97. The van der Waals surface area contributed by atoms with Crippen molar-refractivity contribution in [2.75, 3.05) is 19.7 Å². The van der Waals surface area contributed by atoms with Gasteiger partial charge in [-0.25, -0.2) is 0 Å². The Kier molecular flexibility index (Phi) is 8.50. The third-order valence-corrected chi connectivity index (χ3v) is 8.05. The van der Waals surface area contributed by atoms with E-state index in [1.54, 1.807) is 0 Å². The number of fused-ring (bicyclic) bond motifs is 1. The number of hydrogen-bond acceptors (Lipinski definition) is 2.